The zero-order chi connectivity index (χ0) is 12.7. The van der Waals surface area contributed by atoms with Crippen molar-refractivity contribution in [2.24, 2.45) is 0 Å². The molecule has 1 aromatic rings. The van der Waals surface area contributed by atoms with Crippen LogP contribution in [0.15, 0.2) is 5.51 Å². The van der Waals surface area contributed by atoms with Crippen LogP contribution in [-0.4, -0.2) is 22.0 Å². The molecule has 3 nitrogen and oxygen atoms in total. The quantitative estimate of drug-likeness (QED) is 0.890. The summed E-state index contributed by atoms with van der Waals surface area (Å²) < 4.78 is 26.3. The molecule has 1 aliphatic carbocycles. The summed E-state index contributed by atoms with van der Waals surface area (Å²) in [5, 5.41) is 9.39. The predicted octanol–water partition coefficient (Wildman–Crippen LogP) is 2.98. The third-order valence-corrected chi connectivity index (χ3v) is 4.56. The lowest BCUT2D eigenvalue weighted by atomic mass is 9.71. The number of hydrogen-bond acceptors (Lipinski definition) is 3. The second-order valence-corrected chi connectivity index (χ2v) is 5.36. The molecular weight excluding hydrogens is 248 g/mol. The topological polar surface area (TPSA) is 50.2 Å². The lowest BCUT2D eigenvalue weighted by molar-refractivity contribution is -0.149. The molecule has 0 atom stereocenters. The van der Waals surface area contributed by atoms with Crippen molar-refractivity contribution in [3.63, 3.8) is 0 Å². The summed E-state index contributed by atoms with van der Waals surface area (Å²) in [7, 11) is 0. The van der Waals surface area contributed by atoms with Gasteiger partial charge in [-0.05, 0) is 19.8 Å². The predicted molar refractivity (Wildman–Crippen MR) is 59.6 cm³/mol. The lowest BCUT2D eigenvalue weighted by Gasteiger charge is -2.36. The van der Waals surface area contributed by atoms with Crippen LogP contribution in [0, 0.1) is 6.92 Å². The van der Waals surface area contributed by atoms with Gasteiger partial charge in [0.05, 0.1) is 11.2 Å². The summed E-state index contributed by atoms with van der Waals surface area (Å²) in [6, 6.07) is 0. The van der Waals surface area contributed by atoms with Crippen LogP contribution in [0.5, 0.6) is 0 Å². The van der Waals surface area contributed by atoms with Crippen LogP contribution >= 0.6 is 11.3 Å². The van der Waals surface area contributed by atoms with Crippen molar-refractivity contribution in [3.05, 3.63) is 16.1 Å². The molecule has 0 saturated heterocycles. The lowest BCUT2D eigenvalue weighted by Crippen LogP contribution is -2.42. The van der Waals surface area contributed by atoms with Crippen molar-refractivity contribution in [2.45, 2.75) is 43.9 Å². The molecule has 0 aliphatic heterocycles. The summed E-state index contributed by atoms with van der Waals surface area (Å²) in [5.41, 5.74) is 1.05. The zero-order valence-electron chi connectivity index (χ0n) is 9.37. The number of aliphatic carboxylic acids is 1. The van der Waals surface area contributed by atoms with E-state index in [9.17, 15) is 18.7 Å². The molecule has 0 amide bonds. The summed E-state index contributed by atoms with van der Waals surface area (Å²) in [6.45, 7) is 1.73. The Morgan fingerprint density at radius 1 is 1.41 bits per heavy atom. The maximum atomic E-state index is 13.1. The Hall–Kier alpha value is -1.04. The Labute approximate surface area is 101 Å². The van der Waals surface area contributed by atoms with Gasteiger partial charge in [-0.15, -0.1) is 11.3 Å². The largest absolute Gasteiger partial charge is 0.481 e. The van der Waals surface area contributed by atoms with Crippen LogP contribution in [0.2, 0.25) is 0 Å². The summed E-state index contributed by atoms with van der Waals surface area (Å²) in [5.74, 6) is -3.74. The first-order chi connectivity index (χ1) is 7.87. The van der Waals surface area contributed by atoms with Crippen LogP contribution in [0.25, 0.3) is 0 Å². The molecule has 94 valence electrons. The first-order valence-electron chi connectivity index (χ1n) is 5.39. The minimum Gasteiger partial charge on any atom is -0.481 e. The molecule has 0 aromatic carbocycles. The Bertz CT molecular complexity index is 434. The molecule has 0 spiro atoms. The van der Waals surface area contributed by atoms with Gasteiger partial charge in [-0.2, -0.15) is 0 Å². The average Bonchev–Trinajstić information content (AvgIpc) is 2.65. The van der Waals surface area contributed by atoms with E-state index in [2.05, 4.69) is 4.98 Å². The summed E-state index contributed by atoms with van der Waals surface area (Å²) in [4.78, 5) is 16.1. The summed E-state index contributed by atoms with van der Waals surface area (Å²) in [6.07, 6.45) is -0.760. The Kier molecular flexibility index (Phi) is 2.93. The van der Waals surface area contributed by atoms with Crippen molar-refractivity contribution < 1.29 is 18.7 Å². The molecule has 1 saturated carbocycles. The van der Waals surface area contributed by atoms with E-state index in [0.29, 0.717) is 10.6 Å². The van der Waals surface area contributed by atoms with Gasteiger partial charge in [-0.25, -0.2) is 13.8 Å². The van der Waals surface area contributed by atoms with Gasteiger partial charge in [0, 0.05) is 17.7 Å². The monoisotopic (exact) mass is 261 g/mol. The van der Waals surface area contributed by atoms with Crippen LogP contribution in [0.3, 0.4) is 0 Å². The van der Waals surface area contributed by atoms with Crippen molar-refractivity contribution in [1.82, 2.24) is 4.98 Å². The third kappa shape index (κ3) is 2.06. The van der Waals surface area contributed by atoms with E-state index in [-0.39, 0.29) is 25.7 Å². The third-order valence-electron chi connectivity index (χ3n) is 3.42. The molecule has 2 rings (SSSR count). The molecule has 6 heteroatoms. The van der Waals surface area contributed by atoms with Gasteiger partial charge in [-0.3, -0.25) is 4.79 Å². The zero-order valence-corrected chi connectivity index (χ0v) is 10.2. The highest BCUT2D eigenvalue weighted by Gasteiger charge is 2.50. The van der Waals surface area contributed by atoms with Gasteiger partial charge >= 0.3 is 5.97 Å². The molecular formula is C11H13F2NO2S. The fourth-order valence-corrected chi connectivity index (χ4v) is 3.40. The average molecular weight is 261 g/mol. The molecule has 1 N–H and O–H groups in total. The Morgan fingerprint density at radius 2 is 2.00 bits per heavy atom. The normalized spacial score (nSPS) is 22.3. The van der Waals surface area contributed by atoms with Crippen molar-refractivity contribution in [3.8, 4) is 0 Å². The number of hydrogen-bond donors (Lipinski definition) is 1. The molecule has 0 unspecified atom stereocenters. The molecule has 17 heavy (non-hydrogen) atoms. The van der Waals surface area contributed by atoms with Gasteiger partial charge in [-0.1, -0.05) is 0 Å². The number of carbonyl (C=O) groups is 1. The van der Waals surface area contributed by atoms with Crippen molar-refractivity contribution in [1.29, 1.82) is 0 Å². The minimum atomic E-state index is -2.72. The Balaban J connectivity index is 2.37. The number of aryl methyl sites for hydroxylation is 1. The number of carboxylic acids is 1. The van der Waals surface area contributed by atoms with E-state index < -0.39 is 17.3 Å². The van der Waals surface area contributed by atoms with Crippen LogP contribution in [0.4, 0.5) is 8.78 Å². The highest BCUT2D eigenvalue weighted by molar-refractivity contribution is 7.10. The molecule has 1 aromatic heterocycles. The smallest absolute Gasteiger partial charge is 0.315 e. The number of thiazole rings is 1. The minimum absolute atomic E-state index is 0.0155. The fraction of sp³-hybridized carbons (Fsp3) is 0.636. The van der Waals surface area contributed by atoms with E-state index in [4.69, 9.17) is 0 Å². The number of halogens is 2. The number of nitrogens with zero attached hydrogens (tertiary/aromatic N) is 1. The van der Waals surface area contributed by atoms with Crippen LogP contribution < -0.4 is 0 Å². The van der Waals surface area contributed by atoms with E-state index in [0.717, 1.165) is 0 Å². The Morgan fingerprint density at radius 3 is 2.41 bits per heavy atom. The molecule has 1 fully saturated rings. The van der Waals surface area contributed by atoms with E-state index in [1.165, 1.54) is 11.3 Å². The van der Waals surface area contributed by atoms with E-state index in [1.54, 1.807) is 12.4 Å². The van der Waals surface area contributed by atoms with Gasteiger partial charge < -0.3 is 5.11 Å². The van der Waals surface area contributed by atoms with Gasteiger partial charge in [0.1, 0.15) is 5.41 Å². The van der Waals surface area contributed by atoms with E-state index in [1.807, 2.05) is 0 Å². The van der Waals surface area contributed by atoms with Gasteiger partial charge in [0.2, 0.25) is 5.92 Å². The molecule has 0 radical (unpaired) electrons. The maximum absolute atomic E-state index is 13.1. The second kappa shape index (κ2) is 4.01. The summed E-state index contributed by atoms with van der Waals surface area (Å²) >= 11 is 1.25. The highest BCUT2D eigenvalue weighted by atomic mass is 32.1. The number of carboxylic acid groups (broad SMARTS) is 1. The van der Waals surface area contributed by atoms with Crippen LogP contribution in [0.1, 0.15) is 36.3 Å². The van der Waals surface area contributed by atoms with Gasteiger partial charge in [0.25, 0.3) is 0 Å². The first kappa shape index (κ1) is 12.4. The van der Waals surface area contributed by atoms with Crippen molar-refractivity contribution in [2.75, 3.05) is 0 Å². The second-order valence-electron chi connectivity index (χ2n) is 4.51. The van der Waals surface area contributed by atoms with Crippen LogP contribution in [-0.2, 0) is 10.2 Å². The maximum Gasteiger partial charge on any atom is 0.315 e. The SMILES string of the molecule is Cc1ncsc1C1(C(=O)O)CCC(F)(F)CC1. The molecule has 1 heterocycles. The number of aromatic nitrogens is 1. The highest BCUT2D eigenvalue weighted by Crippen LogP contribution is 2.47. The van der Waals surface area contributed by atoms with E-state index >= 15 is 0 Å². The van der Waals surface area contributed by atoms with Crippen molar-refractivity contribution >= 4 is 17.3 Å². The standard InChI is InChI=1S/C11H13F2NO2S/c1-7-8(17-6-14-7)10(9(15)16)2-4-11(12,13)5-3-10/h6H,2-5H2,1H3,(H,15,16). The molecule has 1 aliphatic rings. The fourth-order valence-electron chi connectivity index (χ4n) is 2.34. The first-order valence-corrected chi connectivity index (χ1v) is 6.27. The number of rotatable bonds is 2. The molecule has 0 bridgehead atoms. The van der Waals surface area contributed by atoms with Gasteiger partial charge in [0.15, 0.2) is 0 Å². The number of alkyl halides is 2.